The number of carbonyl (C=O) groups excluding carboxylic acids is 1. The normalized spacial score (nSPS) is 10.0. The monoisotopic (exact) mass is 210 g/mol. The molecule has 3 nitrogen and oxygen atoms in total. The van der Waals surface area contributed by atoms with Crippen molar-refractivity contribution in [3.05, 3.63) is 29.0 Å². The van der Waals surface area contributed by atoms with Crippen LogP contribution >= 0.6 is 11.6 Å². The van der Waals surface area contributed by atoms with Crippen molar-refractivity contribution < 1.29 is 4.79 Å². The molecule has 0 aliphatic carbocycles. The van der Waals surface area contributed by atoms with Gasteiger partial charge in [0.2, 0.25) is 0 Å². The van der Waals surface area contributed by atoms with Gasteiger partial charge in [0.15, 0.2) is 0 Å². The van der Waals surface area contributed by atoms with Crippen LogP contribution in [0.5, 0.6) is 0 Å². The fraction of sp³-hybridized carbons (Fsp3) is 0.300. The number of aromatic nitrogens is 1. The van der Waals surface area contributed by atoms with E-state index in [1.807, 2.05) is 24.9 Å². The van der Waals surface area contributed by atoms with Gasteiger partial charge >= 0.3 is 0 Å². The van der Waals surface area contributed by atoms with E-state index in [0.29, 0.717) is 17.3 Å². The Morgan fingerprint density at radius 3 is 2.71 bits per heavy atom. The highest BCUT2D eigenvalue weighted by molar-refractivity contribution is 6.29. The molecule has 0 N–H and O–H groups in total. The van der Waals surface area contributed by atoms with Crippen LogP contribution in [-0.2, 0) is 4.79 Å². The van der Waals surface area contributed by atoms with Crippen molar-refractivity contribution in [2.24, 2.45) is 0 Å². The van der Waals surface area contributed by atoms with Crippen LogP contribution in [0.25, 0.3) is 5.57 Å². The molecule has 1 heterocycles. The number of nitrogens with zero attached hydrogens (tertiary/aromatic N) is 2. The second-order valence-corrected chi connectivity index (χ2v) is 3.58. The lowest BCUT2D eigenvalue weighted by Crippen LogP contribution is -2.14. The van der Waals surface area contributed by atoms with Gasteiger partial charge < -0.3 is 4.90 Å². The summed E-state index contributed by atoms with van der Waals surface area (Å²) in [6, 6.07) is 3.42. The molecule has 1 aromatic rings. The molecule has 0 saturated carbocycles. The average molecular weight is 211 g/mol. The van der Waals surface area contributed by atoms with Crippen molar-refractivity contribution in [3.63, 3.8) is 0 Å². The molecule has 74 valence electrons. The second-order valence-electron chi connectivity index (χ2n) is 3.19. The molecule has 1 aromatic heterocycles. The highest BCUT2D eigenvalue weighted by Crippen LogP contribution is 2.13. The summed E-state index contributed by atoms with van der Waals surface area (Å²) < 4.78 is 0. The van der Waals surface area contributed by atoms with E-state index in [1.165, 1.54) is 0 Å². The van der Waals surface area contributed by atoms with Crippen LogP contribution in [0, 0.1) is 0 Å². The minimum absolute atomic E-state index is 0.420. The molecule has 0 aliphatic rings. The van der Waals surface area contributed by atoms with E-state index in [-0.39, 0.29) is 0 Å². The van der Waals surface area contributed by atoms with Crippen LogP contribution in [0.4, 0.5) is 0 Å². The fourth-order valence-electron chi connectivity index (χ4n) is 1.05. The lowest BCUT2D eigenvalue weighted by atomic mass is 10.1. The first-order chi connectivity index (χ1) is 6.63. The molecular weight excluding hydrogens is 200 g/mol. The summed E-state index contributed by atoms with van der Waals surface area (Å²) in [7, 11) is 3.78. The van der Waals surface area contributed by atoms with Crippen LogP contribution in [-0.4, -0.2) is 36.5 Å². The van der Waals surface area contributed by atoms with Gasteiger partial charge in [0.1, 0.15) is 11.1 Å². The zero-order chi connectivity index (χ0) is 10.6. The van der Waals surface area contributed by atoms with Crippen LogP contribution in [0.2, 0.25) is 5.15 Å². The number of rotatable bonds is 3. The smallest absolute Gasteiger partial charge is 0.129 e. The molecule has 0 unspecified atom stereocenters. The van der Waals surface area contributed by atoms with Crippen molar-refractivity contribution in [2.45, 2.75) is 0 Å². The van der Waals surface area contributed by atoms with Crippen molar-refractivity contribution in [2.75, 3.05) is 20.6 Å². The summed E-state index contributed by atoms with van der Waals surface area (Å²) in [5.74, 6) is 1.91. The Morgan fingerprint density at radius 1 is 1.57 bits per heavy atom. The molecule has 0 saturated heterocycles. The molecule has 0 spiro atoms. The van der Waals surface area contributed by atoms with Crippen LogP contribution in [0.3, 0.4) is 0 Å². The minimum Gasteiger partial charge on any atom is -0.304 e. The molecule has 0 radical (unpaired) electrons. The first-order valence-electron chi connectivity index (χ1n) is 4.14. The lowest BCUT2D eigenvalue weighted by molar-refractivity contribution is 0.462. The molecule has 0 fully saturated rings. The van der Waals surface area contributed by atoms with E-state index in [4.69, 9.17) is 11.6 Å². The Kier molecular flexibility index (Phi) is 3.84. The summed E-state index contributed by atoms with van der Waals surface area (Å²) in [6.45, 7) is 0.548. The SMILES string of the molecule is CN(C)CC(=C=O)c1ccc(Cl)nc1. The molecule has 0 amide bonds. The van der Waals surface area contributed by atoms with Crippen molar-refractivity contribution in [1.29, 1.82) is 0 Å². The summed E-state index contributed by atoms with van der Waals surface area (Å²) >= 11 is 5.64. The van der Waals surface area contributed by atoms with E-state index < -0.39 is 0 Å². The molecule has 4 heteroatoms. The van der Waals surface area contributed by atoms with Gasteiger partial charge in [0, 0.05) is 18.3 Å². The van der Waals surface area contributed by atoms with Crippen LogP contribution in [0.15, 0.2) is 18.3 Å². The van der Waals surface area contributed by atoms with Gasteiger partial charge in [0.25, 0.3) is 0 Å². The third kappa shape index (κ3) is 2.96. The summed E-state index contributed by atoms with van der Waals surface area (Å²) in [6.07, 6.45) is 1.58. The summed E-state index contributed by atoms with van der Waals surface area (Å²) in [4.78, 5) is 16.5. The van der Waals surface area contributed by atoms with E-state index in [0.717, 1.165) is 5.56 Å². The third-order valence-electron chi connectivity index (χ3n) is 1.67. The molecule has 0 aromatic carbocycles. The summed E-state index contributed by atoms with van der Waals surface area (Å²) in [5, 5.41) is 0.420. The number of hydrogen-bond acceptors (Lipinski definition) is 3. The second kappa shape index (κ2) is 4.91. The van der Waals surface area contributed by atoms with Crippen molar-refractivity contribution in [3.8, 4) is 0 Å². The number of halogens is 1. The van der Waals surface area contributed by atoms with Gasteiger partial charge in [-0.05, 0) is 26.2 Å². The minimum atomic E-state index is 0.420. The maximum absolute atomic E-state index is 10.7. The van der Waals surface area contributed by atoms with E-state index in [2.05, 4.69) is 4.98 Å². The predicted octanol–water partition coefficient (Wildman–Crippen LogP) is 1.51. The Labute approximate surface area is 88.0 Å². The standard InChI is InChI=1S/C10H11ClN2O/c1-13(2)6-9(7-14)8-3-4-10(11)12-5-8/h3-5H,6H2,1-2H3. The van der Waals surface area contributed by atoms with Crippen LogP contribution in [0.1, 0.15) is 5.56 Å². The van der Waals surface area contributed by atoms with Gasteiger partial charge in [-0.2, -0.15) is 0 Å². The average Bonchev–Trinajstić information content (AvgIpc) is 2.15. The third-order valence-corrected chi connectivity index (χ3v) is 1.90. The Bertz CT molecular complexity index is 353. The summed E-state index contributed by atoms with van der Waals surface area (Å²) in [5.41, 5.74) is 1.34. The molecule has 0 atom stereocenters. The highest BCUT2D eigenvalue weighted by atomic mass is 35.5. The largest absolute Gasteiger partial charge is 0.304 e. The quantitative estimate of drug-likeness (QED) is 0.560. The van der Waals surface area contributed by atoms with Gasteiger partial charge in [-0.15, -0.1) is 0 Å². The van der Waals surface area contributed by atoms with Gasteiger partial charge in [-0.3, -0.25) is 0 Å². The molecule has 0 bridgehead atoms. The number of likely N-dealkylation sites (N-methyl/N-ethyl adjacent to an activating group) is 1. The Balaban J connectivity index is 2.91. The maximum Gasteiger partial charge on any atom is 0.129 e. The number of hydrogen-bond donors (Lipinski definition) is 0. The molecule has 1 rings (SSSR count). The van der Waals surface area contributed by atoms with Gasteiger partial charge in [-0.1, -0.05) is 11.6 Å². The zero-order valence-corrected chi connectivity index (χ0v) is 8.88. The predicted molar refractivity (Wildman–Crippen MR) is 56.9 cm³/mol. The van der Waals surface area contributed by atoms with E-state index in [1.54, 1.807) is 18.3 Å². The topological polar surface area (TPSA) is 33.2 Å². The first-order valence-corrected chi connectivity index (χ1v) is 4.52. The van der Waals surface area contributed by atoms with E-state index in [9.17, 15) is 4.79 Å². The lowest BCUT2D eigenvalue weighted by Gasteiger charge is -2.09. The highest BCUT2D eigenvalue weighted by Gasteiger charge is 2.04. The molecule has 14 heavy (non-hydrogen) atoms. The maximum atomic E-state index is 10.7. The van der Waals surface area contributed by atoms with Gasteiger partial charge in [0.05, 0.1) is 5.57 Å². The fourth-order valence-corrected chi connectivity index (χ4v) is 1.16. The van der Waals surface area contributed by atoms with E-state index >= 15 is 0 Å². The van der Waals surface area contributed by atoms with Crippen LogP contribution < -0.4 is 0 Å². The van der Waals surface area contributed by atoms with Crippen molar-refractivity contribution >= 4 is 23.1 Å². The number of pyridine rings is 1. The zero-order valence-electron chi connectivity index (χ0n) is 8.12. The van der Waals surface area contributed by atoms with Gasteiger partial charge in [-0.25, -0.2) is 9.78 Å². The van der Waals surface area contributed by atoms with Crippen molar-refractivity contribution in [1.82, 2.24) is 9.88 Å². The molecule has 0 aliphatic heterocycles. The first kappa shape index (κ1) is 10.9. The molecular formula is C10H11ClN2O. The Morgan fingerprint density at radius 2 is 2.29 bits per heavy atom. The Hall–Kier alpha value is -1.15.